The van der Waals surface area contributed by atoms with E-state index in [1.165, 1.54) is 0 Å². The van der Waals surface area contributed by atoms with Crippen LogP contribution in [0.5, 0.6) is 5.75 Å². The average molecular weight is 330 g/mol. The second-order valence-corrected chi connectivity index (χ2v) is 5.14. The van der Waals surface area contributed by atoms with Gasteiger partial charge in [-0.15, -0.1) is 0 Å². The Bertz CT molecular complexity index is 691. The van der Waals surface area contributed by atoms with Crippen LogP contribution < -0.4 is 15.4 Å². The second kappa shape index (κ2) is 8.83. The van der Waals surface area contributed by atoms with Gasteiger partial charge in [0.2, 0.25) is 0 Å². The van der Waals surface area contributed by atoms with Gasteiger partial charge in [0.05, 0.1) is 7.11 Å². The normalized spacial score (nSPS) is 10.3. The van der Waals surface area contributed by atoms with Gasteiger partial charge < -0.3 is 20.1 Å². The van der Waals surface area contributed by atoms with Crippen molar-refractivity contribution in [3.05, 3.63) is 41.9 Å². The number of rotatable bonds is 8. The van der Waals surface area contributed by atoms with Crippen molar-refractivity contribution >= 4 is 17.4 Å². The van der Waals surface area contributed by atoms with Crippen LogP contribution in [0.15, 0.2) is 30.3 Å². The topological polar surface area (TPSA) is 85.4 Å². The number of amides is 1. The summed E-state index contributed by atoms with van der Waals surface area (Å²) in [5.41, 5.74) is 0.949. The largest absolute Gasteiger partial charge is 0.497 e. The first kappa shape index (κ1) is 17.7. The van der Waals surface area contributed by atoms with Gasteiger partial charge in [0, 0.05) is 38.1 Å². The van der Waals surface area contributed by atoms with E-state index in [-0.39, 0.29) is 5.91 Å². The van der Waals surface area contributed by atoms with Crippen LogP contribution in [-0.2, 0) is 4.74 Å². The van der Waals surface area contributed by atoms with E-state index in [2.05, 4.69) is 20.6 Å². The third kappa shape index (κ3) is 5.20. The van der Waals surface area contributed by atoms with E-state index in [1.807, 2.05) is 12.1 Å². The van der Waals surface area contributed by atoms with Crippen molar-refractivity contribution in [3.8, 4) is 5.75 Å². The third-order valence-electron chi connectivity index (χ3n) is 3.23. The van der Waals surface area contributed by atoms with Gasteiger partial charge in [-0.25, -0.2) is 9.97 Å². The number of aryl methyl sites for hydroxylation is 1. The summed E-state index contributed by atoms with van der Waals surface area (Å²) in [5, 5.41) is 5.97. The second-order valence-electron chi connectivity index (χ2n) is 5.14. The van der Waals surface area contributed by atoms with Gasteiger partial charge in [-0.05, 0) is 25.5 Å². The van der Waals surface area contributed by atoms with E-state index in [1.54, 1.807) is 39.3 Å². The van der Waals surface area contributed by atoms with Crippen molar-refractivity contribution in [1.29, 1.82) is 0 Å². The summed E-state index contributed by atoms with van der Waals surface area (Å²) in [5.74, 6) is 1.53. The monoisotopic (exact) mass is 330 g/mol. The van der Waals surface area contributed by atoms with E-state index >= 15 is 0 Å². The number of benzene rings is 1. The predicted molar refractivity (Wildman–Crippen MR) is 92.7 cm³/mol. The summed E-state index contributed by atoms with van der Waals surface area (Å²) in [7, 11) is 3.24. The Kier molecular flexibility index (Phi) is 6.51. The number of aromatic nitrogens is 2. The van der Waals surface area contributed by atoms with Crippen molar-refractivity contribution in [2.24, 2.45) is 0 Å². The Hall–Kier alpha value is -2.67. The lowest BCUT2D eigenvalue weighted by molar-refractivity contribution is 0.102. The van der Waals surface area contributed by atoms with Crippen LogP contribution in [0.1, 0.15) is 22.7 Å². The van der Waals surface area contributed by atoms with Crippen molar-refractivity contribution < 1.29 is 14.3 Å². The van der Waals surface area contributed by atoms with Crippen LogP contribution in [0.2, 0.25) is 0 Å². The highest BCUT2D eigenvalue weighted by molar-refractivity contribution is 6.03. The molecule has 0 fully saturated rings. The molecule has 128 valence electrons. The minimum absolute atomic E-state index is 0.298. The van der Waals surface area contributed by atoms with Crippen molar-refractivity contribution in [2.75, 3.05) is 38.0 Å². The van der Waals surface area contributed by atoms with Crippen LogP contribution >= 0.6 is 0 Å². The average Bonchev–Trinajstić information content (AvgIpc) is 2.58. The number of nitrogens with one attached hydrogen (secondary N) is 2. The molecule has 1 heterocycles. The van der Waals surface area contributed by atoms with Crippen LogP contribution in [0.25, 0.3) is 0 Å². The Labute approximate surface area is 141 Å². The SMILES string of the molecule is COCCCNc1cc(C(=O)Nc2cccc(OC)c2)nc(C)n1. The quantitative estimate of drug-likeness (QED) is 0.723. The number of nitrogens with zero attached hydrogens (tertiary/aromatic N) is 2. The molecule has 0 aliphatic carbocycles. The van der Waals surface area contributed by atoms with Gasteiger partial charge in [-0.1, -0.05) is 6.07 Å². The summed E-state index contributed by atoms with van der Waals surface area (Å²) in [6.07, 6.45) is 0.852. The van der Waals surface area contributed by atoms with Gasteiger partial charge in [0.25, 0.3) is 5.91 Å². The smallest absolute Gasteiger partial charge is 0.274 e. The van der Waals surface area contributed by atoms with Crippen LogP contribution in [0.3, 0.4) is 0 Å². The highest BCUT2D eigenvalue weighted by Crippen LogP contribution is 2.17. The Morgan fingerprint density at radius 1 is 1.21 bits per heavy atom. The molecule has 1 amide bonds. The molecule has 24 heavy (non-hydrogen) atoms. The van der Waals surface area contributed by atoms with E-state index in [0.717, 1.165) is 6.42 Å². The minimum atomic E-state index is -0.298. The van der Waals surface area contributed by atoms with Crippen LogP contribution in [0.4, 0.5) is 11.5 Å². The molecule has 2 N–H and O–H groups in total. The maximum Gasteiger partial charge on any atom is 0.274 e. The minimum Gasteiger partial charge on any atom is -0.497 e. The molecule has 0 saturated heterocycles. The van der Waals surface area contributed by atoms with Crippen LogP contribution in [-0.4, -0.2) is 43.2 Å². The lowest BCUT2D eigenvalue weighted by Crippen LogP contribution is -2.16. The molecule has 0 spiro atoms. The number of hydrogen-bond donors (Lipinski definition) is 2. The molecule has 0 radical (unpaired) electrons. The molecule has 1 aromatic heterocycles. The lowest BCUT2D eigenvalue weighted by atomic mass is 10.2. The summed E-state index contributed by atoms with van der Waals surface area (Å²) in [6, 6.07) is 8.79. The summed E-state index contributed by atoms with van der Waals surface area (Å²) in [4.78, 5) is 20.9. The van der Waals surface area contributed by atoms with E-state index in [4.69, 9.17) is 9.47 Å². The standard InChI is InChI=1S/C17H22N4O3/c1-12-19-15(11-16(20-12)18-8-5-9-23-2)17(22)21-13-6-4-7-14(10-13)24-3/h4,6-7,10-11H,5,8-9H2,1-3H3,(H,21,22)(H,18,19,20). The zero-order valence-corrected chi connectivity index (χ0v) is 14.1. The zero-order valence-electron chi connectivity index (χ0n) is 14.1. The fourth-order valence-corrected chi connectivity index (χ4v) is 2.10. The molecule has 0 aliphatic heterocycles. The fourth-order valence-electron chi connectivity index (χ4n) is 2.10. The molecule has 2 aromatic rings. The van der Waals surface area contributed by atoms with Crippen LogP contribution in [0, 0.1) is 6.92 Å². The highest BCUT2D eigenvalue weighted by Gasteiger charge is 2.11. The zero-order chi connectivity index (χ0) is 17.4. The van der Waals surface area contributed by atoms with E-state index < -0.39 is 0 Å². The van der Waals surface area contributed by atoms with E-state index in [9.17, 15) is 4.79 Å². The number of anilines is 2. The van der Waals surface area contributed by atoms with Crippen molar-refractivity contribution in [1.82, 2.24) is 9.97 Å². The lowest BCUT2D eigenvalue weighted by Gasteiger charge is -2.09. The third-order valence-corrected chi connectivity index (χ3v) is 3.23. The summed E-state index contributed by atoms with van der Waals surface area (Å²) >= 11 is 0. The summed E-state index contributed by atoms with van der Waals surface area (Å²) < 4.78 is 10.2. The first-order valence-electron chi connectivity index (χ1n) is 7.66. The molecule has 1 aromatic carbocycles. The first-order valence-corrected chi connectivity index (χ1v) is 7.66. The number of ether oxygens (including phenoxy) is 2. The van der Waals surface area contributed by atoms with Gasteiger partial charge in [0.1, 0.15) is 23.1 Å². The number of hydrogen-bond acceptors (Lipinski definition) is 6. The highest BCUT2D eigenvalue weighted by atomic mass is 16.5. The molecule has 0 atom stereocenters. The maximum atomic E-state index is 12.4. The van der Waals surface area contributed by atoms with Crippen molar-refractivity contribution in [3.63, 3.8) is 0 Å². The van der Waals surface area contributed by atoms with Gasteiger partial charge in [-0.2, -0.15) is 0 Å². The molecule has 7 heteroatoms. The van der Waals surface area contributed by atoms with Gasteiger partial charge in [0.15, 0.2) is 0 Å². The molecular formula is C17H22N4O3. The number of methoxy groups -OCH3 is 2. The van der Waals surface area contributed by atoms with Crippen molar-refractivity contribution in [2.45, 2.75) is 13.3 Å². The Morgan fingerprint density at radius 2 is 2.04 bits per heavy atom. The Morgan fingerprint density at radius 3 is 2.79 bits per heavy atom. The van der Waals surface area contributed by atoms with Gasteiger partial charge >= 0.3 is 0 Å². The maximum absolute atomic E-state index is 12.4. The summed E-state index contributed by atoms with van der Waals surface area (Å²) in [6.45, 7) is 3.13. The predicted octanol–water partition coefficient (Wildman–Crippen LogP) is 2.49. The molecular weight excluding hydrogens is 308 g/mol. The number of carbonyl (C=O) groups is 1. The molecule has 2 rings (SSSR count). The Balaban J connectivity index is 2.06. The number of carbonyl (C=O) groups excluding carboxylic acids is 1. The fraction of sp³-hybridized carbons (Fsp3) is 0.353. The molecule has 0 saturated carbocycles. The molecule has 0 unspecified atom stereocenters. The molecule has 0 aliphatic rings. The van der Waals surface area contributed by atoms with E-state index in [0.29, 0.717) is 41.9 Å². The molecule has 7 nitrogen and oxygen atoms in total. The molecule has 0 bridgehead atoms. The van der Waals surface area contributed by atoms with Gasteiger partial charge in [-0.3, -0.25) is 4.79 Å². The first-order chi connectivity index (χ1) is 11.6.